The summed E-state index contributed by atoms with van der Waals surface area (Å²) in [5.74, 6) is 0. The average molecular weight is 112 g/mol. The highest BCUT2D eigenvalue weighted by Crippen LogP contribution is 1.73. The fourth-order valence-corrected chi connectivity index (χ4v) is 0.328. The van der Waals surface area contributed by atoms with E-state index in [9.17, 15) is 0 Å². The van der Waals surface area contributed by atoms with E-state index in [-0.39, 0.29) is 0 Å². The summed E-state index contributed by atoms with van der Waals surface area (Å²) in [4.78, 5) is 0. The molecule has 2 heteroatoms. The zero-order valence-electron chi connectivity index (χ0n) is 5.15. The first-order valence-electron chi connectivity index (χ1n) is 2.79. The average Bonchev–Trinajstić information content (AvgIpc) is 1.81. The lowest BCUT2D eigenvalue weighted by Crippen LogP contribution is -2.06. The maximum absolute atomic E-state index is 6.62. The van der Waals surface area contributed by atoms with Gasteiger partial charge in [0.1, 0.15) is 0 Å². The summed E-state index contributed by atoms with van der Waals surface area (Å²) >= 11 is 0. The fourth-order valence-electron chi connectivity index (χ4n) is 0.328. The van der Waals surface area contributed by atoms with Gasteiger partial charge in [0.05, 0.1) is 0 Å². The molecule has 0 radical (unpaired) electrons. The number of allylic oxidation sites excluding steroid dienone is 1. The molecule has 0 amide bonds. The van der Waals surface area contributed by atoms with Gasteiger partial charge in [-0.2, -0.15) is 0 Å². The summed E-state index contributed by atoms with van der Waals surface area (Å²) < 4.78 is 0. The summed E-state index contributed by atoms with van der Waals surface area (Å²) in [7, 11) is 0. The number of nitrogens with one attached hydrogen (secondary N) is 2. The molecule has 8 heavy (non-hydrogen) atoms. The van der Waals surface area contributed by atoms with E-state index in [1.807, 2.05) is 12.3 Å². The molecular weight excluding hydrogens is 100 g/mol. The number of hydrogen-bond acceptors (Lipinski definition) is 2. The van der Waals surface area contributed by atoms with Gasteiger partial charge in [-0.15, -0.1) is 0 Å². The molecule has 0 aliphatic heterocycles. The van der Waals surface area contributed by atoms with Crippen LogP contribution in [0.1, 0.15) is 13.3 Å². The van der Waals surface area contributed by atoms with Gasteiger partial charge in [0.15, 0.2) is 0 Å². The molecule has 0 unspecified atom stereocenters. The van der Waals surface area contributed by atoms with Crippen LogP contribution in [0.5, 0.6) is 0 Å². The molecule has 0 aromatic rings. The first-order valence-corrected chi connectivity index (χ1v) is 2.79. The first-order chi connectivity index (χ1) is 3.91. The van der Waals surface area contributed by atoms with E-state index in [4.69, 9.17) is 5.41 Å². The molecule has 0 fully saturated rings. The van der Waals surface area contributed by atoms with Crippen molar-refractivity contribution in [2.24, 2.45) is 0 Å². The molecule has 2 nitrogen and oxygen atoms in total. The smallest absolute Gasteiger partial charge is 0.0491 e. The van der Waals surface area contributed by atoms with E-state index in [2.05, 4.69) is 12.2 Å². The third-order valence-electron chi connectivity index (χ3n) is 0.691. The second kappa shape index (κ2) is 6.21. The molecule has 2 N–H and O–H groups in total. The summed E-state index contributed by atoms with van der Waals surface area (Å²) in [6.45, 7) is 2.71. The predicted octanol–water partition coefficient (Wildman–Crippen LogP) is 1.15. The molecule has 0 aliphatic carbocycles. The van der Waals surface area contributed by atoms with Crippen LogP contribution in [-0.2, 0) is 0 Å². The highest BCUT2D eigenvalue weighted by atomic mass is 14.8. The van der Waals surface area contributed by atoms with E-state index in [1.54, 1.807) is 0 Å². The second-order valence-corrected chi connectivity index (χ2v) is 1.42. The molecule has 0 aliphatic rings. The quantitative estimate of drug-likeness (QED) is 0.415. The summed E-state index contributed by atoms with van der Waals surface area (Å²) in [6, 6.07) is 0. The molecule has 0 atom stereocenters. The molecule has 0 aromatic carbocycles. The number of hydrogen-bond donors (Lipinski definition) is 2. The maximum Gasteiger partial charge on any atom is 0.0491 e. The highest BCUT2D eigenvalue weighted by molar-refractivity contribution is 5.55. The Morgan fingerprint density at radius 3 is 2.88 bits per heavy atom. The molecular formula is C6H12N2. The Morgan fingerprint density at radius 2 is 2.38 bits per heavy atom. The maximum atomic E-state index is 6.62. The Kier molecular flexibility index (Phi) is 5.60. The molecule has 0 aromatic heterocycles. The highest BCUT2D eigenvalue weighted by Gasteiger charge is 1.67. The predicted molar refractivity (Wildman–Crippen MR) is 36.2 cm³/mol. The van der Waals surface area contributed by atoms with Gasteiger partial charge in [-0.3, -0.25) is 0 Å². The van der Waals surface area contributed by atoms with Gasteiger partial charge in [-0.25, -0.2) is 0 Å². The van der Waals surface area contributed by atoms with Crippen LogP contribution < -0.4 is 5.32 Å². The van der Waals surface area contributed by atoms with Crippen LogP contribution in [0.4, 0.5) is 0 Å². The Labute approximate surface area is 50.1 Å². The van der Waals surface area contributed by atoms with Crippen LogP contribution in [-0.4, -0.2) is 12.8 Å². The zero-order chi connectivity index (χ0) is 6.24. The first kappa shape index (κ1) is 7.21. The third kappa shape index (κ3) is 5.21. The van der Waals surface area contributed by atoms with Gasteiger partial charge in [0, 0.05) is 12.8 Å². The molecule has 0 saturated heterocycles. The van der Waals surface area contributed by atoms with Gasteiger partial charge in [-0.05, 0) is 12.6 Å². The molecule has 0 rings (SSSR count). The largest absolute Gasteiger partial charge is 0.386 e. The summed E-state index contributed by atoms with van der Waals surface area (Å²) in [6.07, 6.45) is 6.26. The van der Waals surface area contributed by atoms with E-state index >= 15 is 0 Å². The summed E-state index contributed by atoms with van der Waals surface area (Å²) in [5, 5.41) is 9.53. The van der Waals surface area contributed by atoms with Gasteiger partial charge in [0.25, 0.3) is 0 Å². The van der Waals surface area contributed by atoms with Crippen LogP contribution in [0.15, 0.2) is 12.3 Å². The fraction of sp³-hybridized carbons (Fsp3) is 0.500. The number of rotatable bonds is 4. The van der Waals surface area contributed by atoms with Gasteiger partial charge in [0.2, 0.25) is 0 Å². The van der Waals surface area contributed by atoms with Crippen molar-refractivity contribution in [3.8, 4) is 0 Å². The van der Waals surface area contributed by atoms with Crippen LogP contribution in [0.25, 0.3) is 0 Å². The Hall–Kier alpha value is -0.790. The molecule has 0 spiro atoms. The minimum atomic E-state index is 0.635. The summed E-state index contributed by atoms with van der Waals surface area (Å²) in [5.41, 5.74) is 0. The molecule has 0 heterocycles. The lowest BCUT2D eigenvalue weighted by molar-refractivity contribution is 1.01. The van der Waals surface area contributed by atoms with Gasteiger partial charge < -0.3 is 10.7 Å². The van der Waals surface area contributed by atoms with Crippen molar-refractivity contribution in [1.82, 2.24) is 5.32 Å². The second-order valence-electron chi connectivity index (χ2n) is 1.42. The topological polar surface area (TPSA) is 35.9 Å². The van der Waals surface area contributed by atoms with Crippen LogP contribution in [0, 0.1) is 5.41 Å². The molecule has 0 saturated carbocycles. The van der Waals surface area contributed by atoms with E-state index in [0.717, 1.165) is 6.42 Å². The van der Waals surface area contributed by atoms with Gasteiger partial charge >= 0.3 is 0 Å². The lowest BCUT2D eigenvalue weighted by Gasteiger charge is -1.88. The van der Waals surface area contributed by atoms with E-state index < -0.39 is 0 Å². The van der Waals surface area contributed by atoms with Crippen LogP contribution >= 0.6 is 0 Å². The third-order valence-corrected chi connectivity index (χ3v) is 0.691. The molecule has 46 valence electrons. The van der Waals surface area contributed by atoms with Crippen LogP contribution in [0.3, 0.4) is 0 Å². The minimum absolute atomic E-state index is 0.635. The molecule has 0 bridgehead atoms. The van der Waals surface area contributed by atoms with Crippen molar-refractivity contribution in [2.45, 2.75) is 13.3 Å². The van der Waals surface area contributed by atoms with Crippen LogP contribution in [0.2, 0.25) is 0 Å². The van der Waals surface area contributed by atoms with Crippen molar-refractivity contribution in [3.63, 3.8) is 0 Å². The van der Waals surface area contributed by atoms with Crippen molar-refractivity contribution in [2.75, 3.05) is 6.54 Å². The monoisotopic (exact) mass is 112 g/mol. The van der Waals surface area contributed by atoms with E-state index in [0.29, 0.717) is 6.54 Å². The van der Waals surface area contributed by atoms with E-state index in [1.165, 1.54) is 6.21 Å². The normalized spacial score (nSPS) is 9.62. The SMILES string of the molecule is CC/C=C\NCC=N. The van der Waals surface area contributed by atoms with Crippen molar-refractivity contribution in [3.05, 3.63) is 12.3 Å². The zero-order valence-corrected chi connectivity index (χ0v) is 5.15. The lowest BCUT2D eigenvalue weighted by atomic mass is 10.5. The Morgan fingerprint density at radius 1 is 1.62 bits per heavy atom. The minimum Gasteiger partial charge on any atom is -0.386 e. The van der Waals surface area contributed by atoms with Crippen molar-refractivity contribution >= 4 is 6.21 Å². The Bertz CT molecular complexity index is 76.6. The van der Waals surface area contributed by atoms with Gasteiger partial charge in [-0.1, -0.05) is 13.0 Å². The Balaban J connectivity index is 2.90. The standard InChI is InChI=1S/C6H12N2/c1-2-3-5-8-6-4-7/h3-5,7-8H,2,6H2,1H3/b5-3-,7-4?. The van der Waals surface area contributed by atoms with Crippen molar-refractivity contribution in [1.29, 1.82) is 5.41 Å². The van der Waals surface area contributed by atoms with Crippen molar-refractivity contribution < 1.29 is 0 Å².